The highest BCUT2D eigenvalue weighted by Crippen LogP contribution is 2.31. The Bertz CT molecular complexity index is 914. The van der Waals surface area contributed by atoms with Crippen LogP contribution in [0.4, 0.5) is 5.13 Å². The molecule has 3 rings (SSSR count). The molecule has 144 valence electrons. The van der Waals surface area contributed by atoms with Crippen molar-refractivity contribution >= 4 is 45.5 Å². The lowest BCUT2D eigenvalue weighted by atomic mass is 10.1. The SMILES string of the molecule is CCc1nnc(NC(=O)CSc2nnc(-c3csc(C(C)C)c3)n2CC)s1. The van der Waals surface area contributed by atoms with Gasteiger partial charge in [0.1, 0.15) is 5.01 Å². The number of carbonyl (C=O) groups is 1. The number of hydrogen-bond acceptors (Lipinski definition) is 8. The summed E-state index contributed by atoms with van der Waals surface area (Å²) in [6, 6.07) is 2.17. The molecule has 0 saturated heterocycles. The van der Waals surface area contributed by atoms with Gasteiger partial charge in [0.15, 0.2) is 11.0 Å². The Morgan fingerprint density at radius 3 is 2.70 bits per heavy atom. The monoisotopic (exact) mass is 422 g/mol. The quantitative estimate of drug-likeness (QED) is 0.545. The summed E-state index contributed by atoms with van der Waals surface area (Å²) in [5.41, 5.74) is 1.08. The van der Waals surface area contributed by atoms with Gasteiger partial charge in [-0.1, -0.05) is 43.9 Å². The highest BCUT2D eigenvalue weighted by Gasteiger charge is 2.17. The molecule has 0 unspecified atom stereocenters. The summed E-state index contributed by atoms with van der Waals surface area (Å²) in [4.78, 5) is 13.5. The van der Waals surface area contributed by atoms with Crippen molar-refractivity contribution in [3.05, 3.63) is 21.3 Å². The molecule has 0 atom stereocenters. The maximum atomic E-state index is 12.2. The van der Waals surface area contributed by atoms with E-state index in [1.807, 2.05) is 11.5 Å². The lowest BCUT2D eigenvalue weighted by Crippen LogP contribution is -2.14. The van der Waals surface area contributed by atoms with Gasteiger partial charge >= 0.3 is 0 Å². The van der Waals surface area contributed by atoms with Crippen molar-refractivity contribution < 1.29 is 4.79 Å². The zero-order valence-corrected chi connectivity index (χ0v) is 18.2. The molecular formula is C17H22N6OS3. The number of aryl methyl sites for hydroxylation is 1. The Balaban J connectivity index is 1.66. The lowest BCUT2D eigenvalue weighted by molar-refractivity contribution is -0.113. The number of carbonyl (C=O) groups excluding carboxylic acids is 1. The van der Waals surface area contributed by atoms with E-state index in [9.17, 15) is 4.79 Å². The zero-order valence-electron chi connectivity index (χ0n) is 15.7. The highest BCUT2D eigenvalue weighted by molar-refractivity contribution is 7.99. The minimum absolute atomic E-state index is 0.122. The van der Waals surface area contributed by atoms with Crippen LogP contribution in [0.1, 0.15) is 43.5 Å². The molecule has 0 saturated carbocycles. The van der Waals surface area contributed by atoms with Gasteiger partial charge in [0, 0.05) is 22.4 Å². The molecule has 3 heterocycles. The molecule has 1 N–H and O–H groups in total. The van der Waals surface area contributed by atoms with Crippen molar-refractivity contribution in [2.24, 2.45) is 0 Å². The van der Waals surface area contributed by atoms with E-state index in [4.69, 9.17) is 0 Å². The number of thiophene rings is 1. The van der Waals surface area contributed by atoms with Crippen LogP contribution in [-0.2, 0) is 17.8 Å². The van der Waals surface area contributed by atoms with Crippen molar-refractivity contribution in [3.63, 3.8) is 0 Å². The number of amides is 1. The van der Waals surface area contributed by atoms with Crippen LogP contribution >= 0.6 is 34.4 Å². The van der Waals surface area contributed by atoms with Crippen molar-refractivity contribution in [2.75, 3.05) is 11.1 Å². The van der Waals surface area contributed by atoms with E-state index in [1.54, 1.807) is 11.3 Å². The molecule has 0 aliphatic heterocycles. The number of aromatic nitrogens is 5. The van der Waals surface area contributed by atoms with Crippen molar-refractivity contribution in [3.8, 4) is 11.4 Å². The lowest BCUT2D eigenvalue weighted by Gasteiger charge is -2.06. The van der Waals surface area contributed by atoms with E-state index in [0.717, 1.165) is 34.5 Å². The second kappa shape index (κ2) is 8.94. The maximum absolute atomic E-state index is 12.2. The number of thioether (sulfide) groups is 1. The first-order valence-electron chi connectivity index (χ1n) is 8.78. The molecule has 0 bridgehead atoms. The second-order valence-electron chi connectivity index (χ2n) is 6.13. The van der Waals surface area contributed by atoms with E-state index < -0.39 is 0 Å². The molecule has 0 aliphatic rings. The molecule has 0 radical (unpaired) electrons. The average Bonchev–Trinajstić information content (AvgIpc) is 3.38. The minimum Gasteiger partial charge on any atom is -0.302 e. The van der Waals surface area contributed by atoms with Gasteiger partial charge in [-0.15, -0.1) is 31.7 Å². The summed E-state index contributed by atoms with van der Waals surface area (Å²) in [5.74, 6) is 1.47. The third-order valence-corrected chi connectivity index (χ3v) is 7.01. The average molecular weight is 423 g/mol. The Hall–Kier alpha value is -1.78. The first-order chi connectivity index (χ1) is 13.0. The molecule has 3 aromatic heterocycles. The van der Waals surface area contributed by atoms with Gasteiger partial charge in [-0.25, -0.2) is 0 Å². The number of hydrogen-bond donors (Lipinski definition) is 1. The van der Waals surface area contributed by atoms with Crippen LogP contribution in [0.2, 0.25) is 0 Å². The van der Waals surface area contributed by atoms with Gasteiger partial charge in [0.05, 0.1) is 5.75 Å². The number of anilines is 1. The fraction of sp³-hybridized carbons (Fsp3) is 0.471. The van der Waals surface area contributed by atoms with Gasteiger partial charge in [-0.2, -0.15) is 0 Å². The Kier molecular flexibility index (Phi) is 6.61. The molecule has 27 heavy (non-hydrogen) atoms. The Morgan fingerprint density at radius 1 is 1.26 bits per heavy atom. The first kappa shape index (κ1) is 20.0. The molecule has 0 aliphatic carbocycles. The number of rotatable bonds is 8. The summed E-state index contributed by atoms with van der Waals surface area (Å²) in [6.45, 7) is 9.17. The predicted octanol–water partition coefficient (Wildman–Crippen LogP) is 4.29. The van der Waals surface area contributed by atoms with Gasteiger partial charge < -0.3 is 4.57 Å². The summed E-state index contributed by atoms with van der Waals surface area (Å²) >= 11 is 4.52. The van der Waals surface area contributed by atoms with Gasteiger partial charge in [0.25, 0.3) is 0 Å². The van der Waals surface area contributed by atoms with Crippen molar-refractivity contribution in [2.45, 2.75) is 51.7 Å². The third-order valence-electron chi connectivity index (χ3n) is 3.83. The van der Waals surface area contributed by atoms with E-state index in [-0.39, 0.29) is 11.7 Å². The molecule has 0 aromatic carbocycles. The topological polar surface area (TPSA) is 85.6 Å². The summed E-state index contributed by atoms with van der Waals surface area (Å²) in [7, 11) is 0. The molecule has 3 aromatic rings. The normalized spacial score (nSPS) is 11.3. The first-order valence-corrected chi connectivity index (χ1v) is 11.5. The Labute approximate surface area is 170 Å². The van der Waals surface area contributed by atoms with Crippen LogP contribution in [0.3, 0.4) is 0 Å². The molecule has 7 nitrogen and oxygen atoms in total. The summed E-state index contributed by atoms with van der Waals surface area (Å²) in [6.07, 6.45) is 0.811. The second-order valence-corrected chi connectivity index (χ2v) is 9.08. The van der Waals surface area contributed by atoms with Crippen LogP contribution in [-0.4, -0.2) is 36.6 Å². The van der Waals surface area contributed by atoms with E-state index in [2.05, 4.69) is 57.9 Å². The molecule has 0 spiro atoms. The zero-order chi connectivity index (χ0) is 19.4. The van der Waals surface area contributed by atoms with Crippen molar-refractivity contribution in [1.29, 1.82) is 0 Å². The van der Waals surface area contributed by atoms with E-state index in [0.29, 0.717) is 11.0 Å². The van der Waals surface area contributed by atoms with Crippen LogP contribution in [0.5, 0.6) is 0 Å². The molecular weight excluding hydrogens is 400 g/mol. The molecule has 0 fully saturated rings. The predicted molar refractivity (Wildman–Crippen MR) is 112 cm³/mol. The van der Waals surface area contributed by atoms with Crippen LogP contribution in [0.15, 0.2) is 16.6 Å². The minimum atomic E-state index is -0.122. The number of nitrogens with zero attached hydrogens (tertiary/aromatic N) is 5. The number of nitrogens with one attached hydrogen (secondary N) is 1. The van der Waals surface area contributed by atoms with Crippen LogP contribution < -0.4 is 5.32 Å². The van der Waals surface area contributed by atoms with Crippen LogP contribution in [0.25, 0.3) is 11.4 Å². The summed E-state index contributed by atoms with van der Waals surface area (Å²) < 4.78 is 2.05. The van der Waals surface area contributed by atoms with Gasteiger partial charge in [-0.3, -0.25) is 10.1 Å². The van der Waals surface area contributed by atoms with E-state index >= 15 is 0 Å². The van der Waals surface area contributed by atoms with Crippen LogP contribution in [0, 0.1) is 0 Å². The molecule has 1 amide bonds. The smallest absolute Gasteiger partial charge is 0.236 e. The maximum Gasteiger partial charge on any atom is 0.236 e. The standard InChI is InChI=1S/C17H22N6OS3/c1-5-14-19-21-16(27-14)18-13(24)9-26-17-22-20-15(23(17)6-2)11-7-12(10(3)4)25-8-11/h7-8,10H,5-6,9H2,1-4H3,(H,18,21,24). The highest BCUT2D eigenvalue weighted by atomic mass is 32.2. The Morgan fingerprint density at radius 2 is 2.07 bits per heavy atom. The van der Waals surface area contributed by atoms with Crippen molar-refractivity contribution in [1.82, 2.24) is 25.0 Å². The molecule has 10 heteroatoms. The van der Waals surface area contributed by atoms with E-state index in [1.165, 1.54) is 28.0 Å². The fourth-order valence-electron chi connectivity index (χ4n) is 2.40. The van der Waals surface area contributed by atoms with Gasteiger partial charge in [0.2, 0.25) is 11.0 Å². The fourth-order valence-corrected chi connectivity index (χ4v) is 4.80. The third kappa shape index (κ3) is 4.74. The van der Waals surface area contributed by atoms with Gasteiger partial charge in [-0.05, 0) is 25.3 Å². The summed E-state index contributed by atoms with van der Waals surface area (Å²) in [5, 5.41) is 23.7. The largest absolute Gasteiger partial charge is 0.302 e.